The molecule has 0 aliphatic carbocycles. The first-order valence-corrected chi connectivity index (χ1v) is 8.97. The first-order valence-electron chi connectivity index (χ1n) is 7.21. The second-order valence-electron chi connectivity index (χ2n) is 4.57. The van der Waals surface area contributed by atoms with Gasteiger partial charge in [-0.3, -0.25) is 4.79 Å². The fourth-order valence-corrected chi connectivity index (χ4v) is 3.84. The zero-order valence-electron chi connectivity index (χ0n) is 13.9. The van der Waals surface area contributed by atoms with Gasteiger partial charge in [0.25, 0.3) is 0 Å². The quantitative estimate of drug-likeness (QED) is 0.546. The third kappa shape index (κ3) is 5.41. The molecule has 2 aromatic carbocycles. The Morgan fingerprint density at radius 1 is 1.04 bits per heavy atom. The summed E-state index contributed by atoms with van der Waals surface area (Å²) in [6.45, 7) is 4.89. The molecule has 0 spiro atoms. The average Bonchev–Trinajstić information content (AvgIpc) is 2.50. The number of halogens is 2. The van der Waals surface area contributed by atoms with E-state index in [0.717, 1.165) is 5.30 Å². The Morgan fingerprint density at radius 2 is 1.67 bits per heavy atom. The summed E-state index contributed by atoms with van der Waals surface area (Å²) in [6, 6.07) is 10.5. The Bertz CT molecular complexity index is 690. The Kier molecular flexibility index (Phi) is 9.20. The zero-order chi connectivity index (χ0) is 16.8. The molecule has 3 nitrogen and oxygen atoms in total. The molecule has 1 atom stereocenters. The van der Waals surface area contributed by atoms with Gasteiger partial charge in [0.1, 0.15) is 11.5 Å². The van der Waals surface area contributed by atoms with Crippen molar-refractivity contribution in [2.24, 2.45) is 0 Å². The minimum absolute atomic E-state index is 0. The van der Waals surface area contributed by atoms with Crippen molar-refractivity contribution in [3.63, 3.8) is 0 Å². The molecule has 1 unspecified atom stereocenters. The van der Waals surface area contributed by atoms with Gasteiger partial charge in [0.15, 0.2) is 5.52 Å². The van der Waals surface area contributed by atoms with Crippen LogP contribution in [0.2, 0.25) is 10.0 Å². The second kappa shape index (κ2) is 10.3. The van der Waals surface area contributed by atoms with E-state index in [1.807, 2.05) is 26.0 Å². The third-order valence-electron chi connectivity index (χ3n) is 3.00. The summed E-state index contributed by atoms with van der Waals surface area (Å²) in [4.78, 5) is 12.6. The molecule has 0 radical (unpaired) electrons. The van der Waals surface area contributed by atoms with Crippen LogP contribution in [0, 0.1) is 0 Å². The van der Waals surface area contributed by atoms with Gasteiger partial charge in [-0.2, -0.15) is 0 Å². The fourth-order valence-electron chi connectivity index (χ4n) is 2.04. The number of ether oxygens (including phenoxy) is 2. The van der Waals surface area contributed by atoms with E-state index in [0.29, 0.717) is 40.3 Å². The third-order valence-corrected chi connectivity index (χ3v) is 4.79. The molecule has 2 aromatic rings. The Hall–Kier alpha value is -0.683. The smallest absolute Gasteiger partial charge is 0.494 e. The van der Waals surface area contributed by atoms with Crippen molar-refractivity contribution in [1.29, 1.82) is 0 Å². The van der Waals surface area contributed by atoms with Crippen LogP contribution in [0.4, 0.5) is 0 Å². The molecule has 0 aliphatic heterocycles. The van der Waals surface area contributed by atoms with Gasteiger partial charge in [0, 0.05) is 11.4 Å². The van der Waals surface area contributed by atoms with Gasteiger partial charge < -0.3 is 9.47 Å². The Labute approximate surface area is 166 Å². The van der Waals surface area contributed by atoms with E-state index >= 15 is 0 Å². The molecule has 24 heavy (non-hydrogen) atoms. The zero-order valence-corrected chi connectivity index (χ0v) is 16.4. The average molecular weight is 378 g/mol. The summed E-state index contributed by atoms with van der Waals surface area (Å²) in [7, 11) is -0.133. The molecule has 122 valence electrons. The van der Waals surface area contributed by atoms with E-state index < -0.39 is 0 Å². The summed E-state index contributed by atoms with van der Waals surface area (Å²) in [5, 5.41) is 1.52. The molecule has 7 heteroatoms. The Morgan fingerprint density at radius 3 is 2.25 bits per heavy atom. The fraction of sp³-hybridized carbons (Fsp3) is 0.235. The van der Waals surface area contributed by atoms with Gasteiger partial charge in [-0.15, -0.1) is 0 Å². The molecule has 0 fully saturated rings. The molecule has 2 rings (SSSR count). The molecular formula is C17H17Cl2LiO3P+. The minimum atomic E-state index is -0.133. The van der Waals surface area contributed by atoms with Gasteiger partial charge in [-0.05, 0) is 46.7 Å². The number of hydrogen-bond acceptors (Lipinski definition) is 3. The van der Waals surface area contributed by atoms with Gasteiger partial charge in [-0.1, -0.05) is 29.3 Å². The number of rotatable bonds is 7. The standard InChI is InChI=1S/C17H17Cl2O3P.Li/c1-3-21-11-8-9-15(14(10-11)22-4-2)23-17(20)16-12(18)6-5-7-13(16)19;/h5-10,23H,3-4H2,1-2H3;/q;+1. The van der Waals surface area contributed by atoms with Gasteiger partial charge in [-0.25, -0.2) is 0 Å². The van der Waals surface area contributed by atoms with E-state index in [1.165, 1.54) is 0 Å². The van der Waals surface area contributed by atoms with Crippen molar-refractivity contribution < 1.29 is 33.1 Å². The number of hydrogen-bond donors (Lipinski definition) is 0. The van der Waals surface area contributed by atoms with Crippen molar-refractivity contribution in [3.8, 4) is 11.5 Å². The minimum Gasteiger partial charge on any atom is -0.494 e. The SMILES string of the molecule is CCOc1ccc(PC(=O)c2c(Cl)cccc2Cl)c(OCC)c1.[Li+]. The predicted octanol–water partition coefficient (Wildman–Crippen LogP) is 1.94. The first kappa shape index (κ1) is 21.4. The van der Waals surface area contributed by atoms with Crippen LogP contribution in [0.5, 0.6) is 11.5 Å². The van der Waals surface area contributed by atoms with Crippen LogP contribution in [-0.2, 0) is 0 Å². The van der Waals surface area contributed by atoms with Crippen LogP contribution in [0.25, 0.3) is 0 Å². The van der Waals surface area contributed by atoms with Crippen LogP contribution >= 0.6 is 31.8 Å². The largest absolute Gasteiger partial charge is 1.00 e. The summed E-state index contributed by atoms with van der Waals surface area (Å²) in [6.07, 6.45) is 0. The van der Waals surface area contributed by atoms with Crippen molar-refractivity contribution in [1.82, 2.24) is 0 Å². The van der Waals surface area contributed by atoms with Crippen molar-refractivity contribution in [2.45, 2.75) is 13.8 Å². The van der Waals surface area contributed by atoms with E-state index in [2.05, 4.69) is 0 Å². The van der Waals surface area contributed by atoms with Gasteiger partial charge in [0.05, 0.1) is 28.8 Å². The second-order valence-corrected chi connectivity index (χ2v) is 6.63. The molecule has 0 saturated carbocycles. The molecule has 0 N–H and O–H groups in total. The topological polar surface area (TPSA) is 35.5 Å². The molecule has 0 aromatic heterocycles. The van der Waals surface area contributed by atoms with Gasteiger partial charge in [0.2, 0.25) is 0 Å². The van der Waals surface area contributed by atoms with Crippen LogP contribution < -0.4 is 33.6 Å². The summed E-state index contributed by atoms with van der Waals surface area (Å²) < 4.78 is 11.1. The van der Waals surface area contributed by atoms with E-state index in [1.54, 1.807) is 24.3 Å². The van der Waals surface area contributed by atoms with E-state index in [9.17, 15) is 4.79 Å². The number of benzene rings is 2. The molecule has 0 amide bonds. The maximum absolute atomic E-state index is 12.6. The number of carbonyl (C=O) groups excluding carboxylic acids is 1. The van der Waals surface area contributed by atoms with E-state index in [-0.39, 0.29) is 33.0 Å². The van der Waals surface area contributed by atoms with Crippen molar-refractivity contribution in [2.75, 3.05) is 13.2 Å². The molecule has 0 aliphatic rings. The predicted molar refractivity (Wildman–Crippen MR) is 97.5 cm³/mol. The maximum Gasteiger partial charge on any atom is 1.00 e. The molecule has 0 saturated heterocycles. The van der Waals surface area contributed by atoms with Crippen LogP contribution in [-0.4, -0.2) is 18.7 Å². The molecular weight excluding hydrogens is 361 g/mol. The van der Waals surface area contributed by atoms with E-state index in [4.69, 9.17) is 32.7 Å². The van der Waals surface area contributed by atoms with Crippen LogP contribution in [0.15, 0.2) is 36.4 Å². The normalized spacial score (nSPS) is 10.5. The number of carbonyl (C=O) groups is 1. The molecule has 0 bridgehead atoms. The summed E-state index contributed by atoms with van der Waals surface area (Å²) in [5.74, 6) is 1.36. The Balaban J connectivity index is 0.00000288. The van der Waals surface area contributed by atoms with Crippen molar-refractivity contribution >= 4 is 42.6 Å². The summed E-state index contributed by atoms with van der Waals surface area (Å²) >= 11 is 12.2. The summed E-state index contributed by atoms with van der Waals surface area (Å²) in [5.41, 5.74) is 0.233. The molecule has 0 heterocycles. The van der Waals surface area contributed by atoms with Crippen LogP contribution in [0.1, 0.15) is 24.2 Å². The monoisotopic (exact) mass is 377 g/mol. The van der Waals surface area contributed by atoms with Crippen LogP contribution in [0.3, 0.4) is 0 Å². The van der Waals surface area contributed by atoms with Crippen molar-refractivity contribution in [3.05, 3.63) is 52.0 Å². The first-order chi connectivity index (χ1) is 11.1. The maximum atomic E-state index is 12.6. The van der Waals surface area contributed by atoms with Gasteiger partial charge >= 0.3 is 18.9 Å².